The first-order valence-electron chi connectivity index (χ1n) is 9.18. The van der Waals surface area contributed by atoms with Gasteiger partial charge < -0.3 is 14.0 Å². The van der Waals surface area contributed by atoms with Crippen molar-refractivity contribution in [2.45, 2.75) is 23.3 Å². The van der Waals surface area contributed by atoms with Gasteiger partial charge in [-0.25, -0.2) is 9.78 Å². The van der Waals surface area contributed by atoms with Gasteiger partial charge in [-0.15, -0.1) is 11.3 Å². The van der Waals surface area contributed by atoms with Gasteiger partial charge in [-0.1, -0.05) is 30.0 Å². The van der Waals surface area contributed by atoms with E-state index in [2.05, 4.69) is 23.2 Å². The molecule has 0 fully saturated rings. The number of carbonyl (C=O) groups excluding carboxylic acids is 1. The number of imidazole rings is 1. The number of fused-ring (bicyclic) bond motifs is 1. The van der Waals surface area contributed by atoms with Crippen molar-refractivity contribution in [1.29, 1.82) is 0 Å². The van der Waals surface area contributed by atoms with Crippen LogP contribution >= 0.6 is 23.1 Å². The van der Waals surface area contributed by atoms with Crippen molar-refractivity contribution in [3.8, 4) is 5.75 Å². The average molecular weight is 425 g/mol. The molecule has 2 heterocycles. The highest BCUT2D eigenvalue weighted by atomic mass is 32.2. The third-order valence-electron chi connectivity index (χ3n) is 4.36. The second-order valence-electron chi connectivity index (χ2n) is 6.33. The Labute approximate surface area is 177 Å². The van der Waals surface area contributed by atoms with Gasteiger partial charge in [0.1, 0.15) is 10.6 Å². The summed E-state index contributed by atoms with van der Waals surface area (Å²) in [5.41, 5.74) is 1.16. The Balaban J connectivity index is 1.74. The van der Waals surface area contributed by atoms with Crippen molar-refractivity contribution in [1.82, 2.24) is 9.55 Å². The average Bonchev–Trinajstić information content (AvgIpc) is 3.36. The van der Waals surface area contributed by atoms with Gasteiger partial charge in [-0.05, 0) is 36.8 Å². The second-order valence-corrected chi connectivity index (χ2v) is 8.46. The molecular weight excluding hydrogens is 404 g/mol. The Morgan fingerprint density at radius 2 is 2.14 bits per heavy atom. The molecule has 0 spiro atoms. The smallest absolute Gasteiger partial charge is 0.349 e. The minimum absolute atomic E-state index is 0.282. The molecule has 0 aliphatic carbocycles. The Kier molecular flexibility index (Phi) is 5.87. The van der Waals surface area contributed by atoms with Crippen molar-refractivity contribution in [2.24, 2.45) is 0 Å². The Morgan fingerprint density at radius 3 is 2.90 bits per heavy atom. The highest BCUT2D eigenvalue weighted by molar-refractivity contribution is 7.99. The number of methoxy groups -OCH3 is 1. The molecule has 2 aromatic heterocycles. The van der Waals surface area contributed by atoms with Crippen LogP contribution in [0, 0.1) is 0 Å². The normalized spacial score (nSPS) is 11.0. The minimum atomic E-state index is -0.282. The van der Waals surface area contributed by atoms with Crippen LogP contribution in [0.2, 0.25) is 0 Å². The van der Waals surface area contributed by atoms with Gasteiger partial charge in [0.05, 0.1) is 20.0 Å². The lowest BCUT2D eigenvalue weighted by molar-refractivity contribution is 0.0528. The summed E-state index contributed by atoms with van der Waals surface area (Å²) >= 11 is 3.04. The Hall–Kier alpha value is -2.77. The van der Waals surface area contributed by atoms with Gasteiger partial charge in [-0.2, -0.15) is 0 Å². The maximum Gasteiger partial charge on any atom is 0.349 e. The van der Waals surface area contributed by atoms with E-state index in [1.54, 1.807) is 31.4 Å². The van der Waals surface area contributed by atoms with Crippen LogP contribution in [0.3, 0.4) is 0 Å². The number of rotatable bonds is 7. The van der Waals surface area contributed by atoms with Gasteiger partial charge in [0, 0.05) is 38.8 Å². The van der Waals surface area contributed by atoms with Crippen molar-refractivity contribution in [3.63, 3.8) is 0 Å². The van der Waals surface area contributed by atoms with Gasteiger partial charge in [0.15, 0.2) is 0 Å². The summed E-state index contributed by atoms with van der Waals surface area (Å²) < 4.78 is 13.7. The highest BCUT2D eigenvalue weighted by Gasteiger charge is 2.21. The molecule has 0 aliphatic heterocycles. The molecule has 2 aromatic carbocycles. The van der Waals surface area contributed by atoms with Gasteiger partial charge in [-0.3, -0.25) is 0 Å². The van der Waals surface area contributed by atoms with Crippen molar-refractivity contribution in [2.75, 3.05) is 13.7 Å². The first-order chi connectivity index (χ1) is 14.2. The SMILES string of the molecule is CCOC(=O)c1sc2cc(Cn3ccnc3)ccc2c1Sc1cccc(OC)c1. The van der Waals surface area contributed by atoms with E-state index in [-0.39, 0.29) is 5.97 Å². The first kappa shape index (κ1) is 19.5. The zero-order valence-corrected chi connectivity index (χ0v) is 17.8. The topological polar surface area (TPSA) is 53.4 Å². The van der Waals surface area contributed by atoms with E-state index in [4.69, 9.17) is 9.47 Å². The van der Waals surface area contributed by atoms with E-state index >= 15 is 0 Å². The summed E-state index contributed by atoms with van der Waals surface area (Å²) in [7, 11) is 1.65. The lowest BCUT2D eigenvalue weighted by Crippen LogP contribution is -2.03. The molecule has 29 heavy (non-hydrogen) atoms. The van der Waals surface area contributed by atoms with Crippen LogP contribution < -0.4 is 4.74 Å². The quantitative estimate of drug-likeness (QED) is 0.368. The summed E-state index contributed by atoms with van der Waals surface area (Å²) in [6, 6.07) is 14.2. The maximum atomic E-state index is 12.6. The zero-order chi connectivity index (χ0) is 20.2. The fourth-order valence-electron chi connectivity index (χ4n) is 3.02. The molecule has 5 nitrogen and oxygen atoms in total. The third kappa shape index (κ3) is 4.31. The first-order valence-corrected chi connectivity index (χ1v) is 10.8. The van der Waals surface area contributed by atoms with Crippen LogP contribution in [0.1, 0.15) is 22.2 Å². The predicted octanol–water partition coefficient (Wildman–Crippen LogP) is 5.48. The van der Waals surface area contributed by atoms with E-state index in [0.717, 1.165) is 37.7 Å². The molecule has 0 bridgehead atoms. The number of aromatic nitrogens is 2. The summed E-state index contributed by atoms with van der Waals surface area (Å²) in [5, 5.41) is 1.06. The van der Waals surface area contributed by atoms with E-state index in [1.165, 1.54) is 11.3 Å². The molecule has 0 aliphatic rings. The van der Waals surface area contributed by atoms with E-state index in [1.807, 2.05) is 42.0 Å². The predicted molar refractivity (Wildman–Crippen MR) is 116 cm³/mol. The van der Waals surface area contributed by atoms with E-state index < -0.39 is 0 Å². The third-order valence-corrected chi connectivity index (χ3v) is 6.73. The number of esters is 1. The van der Waals surface area contributed by atoms with E-state index in [0.29, 0.717) is 11.5 Å². The Morgan fingerprint density at radius 1 is 1.24 bits per heavy atom. The summed E-state index contributed by atoms with van der Waals surface area (Å²) in [6.45, 7) is 2.91. The van der Waals surface area contributed by atoms with Gasteiger partial charge in [0.25, 0.3) is 0 Å². The summed E-state index contributed by atoms with van der Waals surface area (Å²) in [6.07, 6.45) is 5.50. The molecule has 148 valence electrons. The van der Waals surface area contributed by atoms with Crippen LogP contribution in [-0.4, -0.2) is 29.2 Å². The molecule has 0 radical (unpaired) electrons. The standard InChI is InChI=1S/C22H20N2O3S2/c1-3-27-22(25)21-20(28-17-6-4-5-16(12-17)26-2)18-8-7-15(11-19(18)29-21)13-24-10-9-23-14-24/h4-12,14H,3,13H2,1-2H3. The maximum absolute atomic E-state index is 12.6. The van der Waals surface area contributed by atoms with Gasteiger partial charge in [0.2, 0.25) is 0 Å². The molecular formula is C22H20N2O3S2. The number of hydrogen-bond acceptors (Lipinski definition) is 6. The molecule has 0 saturated heterocycles. The number of carbonyl (C=O) groups is 1. The van der Waals surface area contributed by atoms with Crippen LogP contribution in [0.4, 0.5) is 0 Å². The Bertz CT molecular complexity index is 1140. The lowest BCUT2D eigenvalue weighted by atomic mass is 10.1. The molecule has 7 heteroatoms. The number of hydrogen-bond donors (Lipinski definition) is 0. The van der Waals surface area contributed by atoms with Crippen molar-refractivity contribution >= 4 is 39.2 Å². The molecule has 0 unspecified atom stereocenters. The van der Waals surface area contributed by atoms with Crippen LogP contribution in [0.15, 0.2) is 71.0 Å². The second kappa shape index (κ2) is 8.71. The van der Waals surface area contributed by atoms with E-state index in [9.17, 15) is 4.79 Å². The van der Waals surface area contributed by atoms with Crippen LogP contribution in [0.5, 0.6) is 5.75 Å². The molecule has 0 saturated carbocycles. The zero-order valence-electron chi connectivity index (χ0n) is 16.1. The van der Waals surface area contributed by atoms with Crippen molar-refractivity contribution in [3.05, 3.63) is 71.6 Å². The minimum Gasteiger partial charge on any atom is -0.497 e. The largest absolute Gasteiger partial charge is 0.497 e. The fraction of sp³-hybridized carbons (Fsp3) is 0.182. The molecule has 0 atom stereocenters. The van der Waals surface area contributed by atoms with Crippen LogP contribution in [0.25, 0.3) is 10.1 Å². The number of thiophene rings is 1. The van der Waals surface area contributed by atoms with Gasteiger partial charge >= 0.3 is 5.97 Å². The molecule has 4 rings (SSSR count). The fourth-order valence-corrected chi connectivity index (χ4v) is 5.41. The highest BCUT2D eigenvalue weighted by Crippen LogP contribution is 2.43. The molecule has 0 N–H and O–H groups in total. The number of ether oxygens (including phenoxy) is 2. The summed E-state index contributed by atoms with van der Waals surface area (Å²) in [4.78, 5) is 19.3. The van der Waals surface area contributed by atoms with Crippen LogP contribution in [-0.2, 0) is 11.3 Å². The number of nitrogens with zero attached hydrogens (tertiary/aromatic N) is 2. The monoisotopic (exact) mass is 424 g/mol. The number of benzene rings is 2. The molecule has 0 amide bonds. The molecule has 4 aromatic rings. The lowest BCUT2D eigenvalue weighted by Gasteiger charge is -2.07. The van der Waals surface area contributed by atoms with Crippen molar-refractivity contribution < 1.29 is 14.3 Å². The summed E-state index contributed by atoms with van der Waals surface area (Å²) in [5.74, 6) is 0.505.